The van der Waals surface area contributed by atoms with Gasteiger partial charge >= 0.3 is 0 Å². The van der Waals surface area contributed by atoms with E-state index in [-0.39, 0.29) is 41.9 Å². The standard InChI is InChI=1S/C19H22F2N2O.ClH/c1-12(13(2)22)19(24)23-18(15-6-4-8-17(21)11-15)10-14-5-3-7-16(20)9-14;/h3-9,11-13,18H,10,22H2,1-2H3,(H,23,24);1H. The van der Waals surface area contributed by atoms with Crippen molar-refractivity contribution in [2.75, 3.05) is 0 Å². The lowest BCUT2D eigenvalue weighted by atomic mass is 9.96. The van der Waals surface area contributed by atoms with Gasteiger partial charge in [-0.1, -0.05) is 31.2 Å². The normalized spacial score (nSPS) is 14.1. The van der Waals surface area contributed by atoms with Gasteiger partial charge in [-0.2, -0.15) is 0 Å². The Kier molecular flexibility index (Phi) is 8.00. The van der Waals surface area contributed by atoms with Gasteiger partial charge in [0.05, 0.1) is 6.04 Å². The molecule has 3 unspecified atom stereocenters. The second kappa shape index (κ2) is 9.49. The number of hydrogen-bond acceptors (Lipinski definition) is 2. The number of amides is 1. The average Bonchev–Trinajstić information content (AvgIpc) is 2.53. The van der Waals surface area contributed by atoms with Gasteiger partial charge in [0.15, 0.2) is 0 Å². The summed E-state index contributed by atoms with van der Waals surface area (Å²) in [6.45, 7) is 3.50. The molecule has 1 amide bonds. The monoisotopic (exact) mass is 368 g/mol. The molecule has 0 heterocycles. The van der Waals surface area contributed by atoms with Crippen LogP contribution < -0.4 is 11.1 Å². The Labute approximate surface area is 153 Å². The van der Waals surface area contributed by atoms with Crippen LogP contribution in [-0.2, 0) is 11.2 Å². The lowest BCUT2D eigenvalue weighted by Crippen LogP contribution is -2.40. The minimum Gasteiger partial charge on any atom is -0.349 e. The second-order valence-electron chi connectivity index (χ2n) is 6.10. The Bertz CT molecular complexity index is 709. The van der Waals surface area contributed by atoms with Gasteiger partial charge in [-0.3, -0.25) is 4.79 Å². The van der Waals surface area contributed by atoms with E-state index < -0.39 is 6.04 Å². The van der Waals surface area contributed by atoms with Crippen LogP contribution in [0.4, 0.5) is 8.78 Å². The zero-order chi connectivity index (χ0) is 17.7. The summed E-state index contributed by atoms with van der Waals surface area (Å²) in [6.07, 6.45) is 0.360. The van der Waals surface area contributed by atoms with Crippen LogP contribution in [0.15, 0.2) is 48.5 Å². The van der Waals surface area contributed by atoms with Crippen molar-refractivity contribution in [3.05, 3.63) is 71.3 Å². The summed E-state index contributed by atoms with van der Waals surface area (Å²) in [7, 11) is 0. The van der Waals surface area contributed by atoms with Gasteiger partial charge in [0.25, 0.3) is 0 Å². The smallest absolute Gasteiger partial charge is 0.224 e. The van der Waals surface area contributed by atoms with Crippen molar-refractivity contribution in [2.24, 2.45) is 11.7 Å². The number of carbonyl (C=O) groups excluding carboxylic acids is 1. The maximum absolute atomic E-state index is 13.6. The minimum absolute atomic E-state index is 0. The van der Waals surface area contributed by atoms with E-state index in [1.165, 1.54) is 24.3 Å². The predicted molar refractivity (Wildman–Crippen MR) is 97.4 cm³/mol. The molecule has 0 aliphatic heterocycles. The Morgan fingerprint density at radius 3 is 2.24 bits per heavy atom. The Morgan fingerprint density at radius 2 is 1.68 bits per heavy atom. The highest BCUT2D eigenvalue weighted by Crippen LogP contribution is 2.21. The van der Waals surface area contributed by atoms with Crippen molar-refractivity contribution in [3.8, 4) is 0 Å². The zero-order valence-corrected chi connectivity index (χ0v) is 15.0. The minimum atomic E-state index is -0.462. The van der Waals surface area contributed by atoms with Crippen LogP contribution in [0.3, 0.4) is 0 Å². The van der Waals surface area contributed by atoms with Crippen molar-refractivity contribution in [1.82, 2.24) is 5.32 Å². The SMILES string of the molecule is CC(N)C(C)C(=O)NC(Cc1cccc(F)c1)c1cccc(F)c1.Cl. The van der Waals surface area contributed by atoms with E-state index >= 15 is 0 Å². The molecule has 0 bridgehead atoms. The molecule has 0 saturated carbocycles. The lowest BCUT2D eigenvalue weighted by Gasteiger charge is -2.23. The quantitative estimate of drug-likeness (QED) is 0.815. The highest BCUT2D eigenvalue weighted by Gasteiger charge is 2.22. The van der Waals surface area contributed by atoms with Crippen molar-refractivity contribution in [2.45, 2.75) is 32.4 Å². The number of nitrogens with one attached hydrogen (secondary N) is 1. The predicted octanol–water partition coefficient (Wildman–Crippen LogP) is 3.77. The van der Waals surface area contributed by atoms with Gasteiger partial charge in [0, 0.05) is 12.0 Å². The molecule has 2 aromatic rings. The first-order chi connectivity index (χ1) is 11.4. The molecule has 0 aliphatic rings. The zero-order valence-electron chi connectivity index (χ0n) is 14.2. The van der Waals surface area contributed by atoms with Gasteiger partial charge in [-0.25, -0.2) is 8.78 Å². The Morgan fingerprint density at radius 1 is 1.08 bits per heavy atom. The summed E-state index contributed by atoms with van der Waals surface area (Å²) >= 11 is 0. The fraction of sp³-hybridized carbons (Fsp3) is 0.316. The van der Waals surface area contributed by atoms with Gasteiger partial charge in [0.2, 0.25) is 5.91 Å². The summed E-state index contributed by atoms with van der Waals surface area (Å²) in [5.41, 5.74) is 7.13. The molecule has 0 spiro atoms. The third-order valence-electron chi connectivity index (χ3n) is 4.10. The fourth-order valence-electron chi connectivity index (χ4n) is 2.42. The van der Waals surface area contributed by atoms with Gasteiger partial charge in [0.1, 0.15) is 11.6 Å². The summed E-state index contributed by atoms with van der Waals surface area (Å²) in [4.78, 5) is 12.4. The summed E-state index contributed by atoms with van der Waals surface area (Å²) in [6, 6.07) is 11.4. The third-order valence-corrected chi connectivity index (χ3v) is 4.10. The van der Waals surface area contributed by atoms with Crippen LogP contribution >= 0.6 is 12.4 Å². The van der Waals surface area contributed by atoms with Crippen LogP contribution in [-0.4, -0.2) is 11.9 Å². The van der Waals surface area contributed by atoms with Crippen molar-refractivity contribution in [3.63, 3.8) is 0 Å². The molecule has 3 atom stereocenters. The molecule has 0 aliphatic carbocycles. The fourth-order valence-corrected chi connectivity index (χ4v) is 2.42. The Hall–Kier alpha value is -1.98. The number of rotatable bonds is 6. The highest BCUT2D eigenvalue weighted by molar-refractivity contribution is 5.85. The molecular weight excluding hydrogens is 346 g/mol. The number of nitrogens with two attached hydrogens (primary N) is 1. The second-order valence-corrected chi connectivity index (χ2v) is 6.10. The summed E-state index contributed by atoms with van der Waals surface area (Å²) in [5.74, 6) is -1.32. The topological polar surface area (TPSA) is 55.1 Å². The van der Waals surface area contributed by atoms with Crippen LogP contribution in [0.25, 0.3) is 0 Å². The molecular formula is C19H23ClF2N2O. The van der Waals surface area contributed by atoms with Crippen LogP contribution in [0.2, 0.25) is 0 Å². The average molecular weight is 369 g/mol. The number of carbonyl (C=O) groups is 1. The van der Waals surface area contributed by atoms with Gasteiger partial charge in [-0.05, 0) is 48.7 Å². The van der Waals surface area contributed by atoms with E-state index in [0.29, 0.717) is 12.0 Å². The van der Waals surface area contributed by atoms with E-state index in [1.54, 1.807) is 38.1 Å². The molecule has 2 rings (SSSR count). The van der Waals surface area contributed by atoms with Crippen molar-refractivity contribution < 1.29 is 13.6 Å². The summed E-state index contributed by atoms with van der Waals surface area (Å²) in [5, 5.41) is 2.90. The number of benzene rings is 2. The first kappa shape index (κ1) is 21.1. The van der Waals surface area contributed by atoms with E-state index in [9.17, 15) is 13.6 Å². The van der Waals surface area contributed by atoms with Crippen molar-refractivity contribution >= 4 is 18.3 Å². The number of halogens is 3. The third kappa shape index (κ3) is 6.11. The maximum Gasteiger partial charge on any atom is 0.224 e. The van der Waals surface area contributed by atoms with Crippen molar-refractivity contribution in [1.29, 1.82) is 0 Å². The highest BCUT2D eigenvalue weighted by atomic mass is 35.5. The largest absolute Gasteiger partial charge is 0.349 e. The molecule has 3 nitrogen and oxygen atoms in total. The molecule has 136 valence electrons. The van der Waals surface area contributed by atoms with Crippen LogP contribution in [0.1, 0.15) is 31.0 Å². The first-order valence-corrected chi connectivity index (χ1v) is 7.92. The maximum atomic E-state index is 13.6. The van der Waals surface area contributed by atoms with Crippen LogP contribution in [0, 0.1) is 17.6 Å². The molecule has 3 N–H and O–H groups in total. The summed E-state index contributed by atoms with van der Waals surface area (Å²) < 4.78 is 27.0. The number of hydrogen-bond donors (Lipinski definition) is 2. The molecule has 6 heteroatoms. The molecule has 0 saturated heterocycles. The molecule has 0 aromatic heterocycles. The molecule has 2 aromatic carbocycles. The molecule has 0 fully saturated rings. The van der Waals surface area contributed by atoms with E-state index in [1.807, 2.05) is 0 Å². The molecule has 25 heavy (non-hydrogen) atoms. The van der Waals surface area contributed by atoms with Gasteiger partial charge < -0.3 is 11.1 Å². The van der Waals surface area contributed by atoms with Gasteiger partial charge in [-0.15, -0.1) is 12.4 Å². The molecule has 0 radical (unpaired) electrons. The van der Waals surface area contributed by atoms with E-state index in [0.717, 1.165) is 5.56 Å². The lowest BCUT2D eigenvalue weighted by molar-refractivity contribution is -0.125. The Balaban J connectivity index is 0.00000312. The van der Waals surface area contributed by atoms with E-state index in [4.69, 9.17) is 5.73 Å². The van der Waals surface area contributed by atoms with E-state index in [2.05, 4.69) is 5.32 Å². The first-order valence-electron chi connectivity index (χ1n) is 7.92. The van der Waals surface area contributed by atoms with Crippen LogP contribution in [0.5, 0.6) is 0 Å².